The van der Waals surface area contributed by atoms with Crippen molar-refractivity contribution in [2.24, 2.45) is 0 Å². The van der Waals surface area contributed by atoms with E-state index >= 15 is 0 Å². The highest BCUT2D eigenvalue weighted by atomic mass is 32.2. The molecule has 0 aliphatic heterocycles. The maximum Gasteiger partial charge on any atom is 0.426 e. The van der Waals surface area contributed by atoms with Crippen LogP contribution in [-0.4, -0.2) is 31.0 Å². The Bertz CT molecular complexity index is 831. The van der Waals surface area contributed by atoms with Crippen molar-refractivity contribution in [2.75, 3.05) is 10.6 Å². The SMILES string of the molecule is CSc1ccc(N(C(=O)O)S(=O)(=O)c2cc(O)ccc2C)cc1. The Kier molecular flexibility index (Phi) is 4.86. The second-order valence-corrected chi connectivity index (χ2v) is 7.33. The van der Waals surface area contributed by atoms with E-state index in [1.807, 2.05) is 6.26 Å². The fourth-order valence-electron chi connectivity index (χ4n) is 2.03. The summed E-state index contributed by atoms with van der Waals surface area (Å²) in [5.41, 5.74) is 0.354. The number of amides is 1. The van der Waals surface area contributed by atoms with E-state index < -0.39 is 16.1 Å². The molecule has 8 heteroatoms. The topological polar surface area (TPSA) is 94.9 Å². The van der Waals surface area contributed by atoms with Crippen LogP contribution >= 0.6 is 11.8 Å². The highest BCUT2D eigenvalue weighted by Crippen LogP contribution is 2.29. The number of phenolic OH excluding ortho intramolecular Hbond substituents is 1. The Morgan fingerprint density at radius 2 is 1.74 bits per heavy atom. The average Bonchev–Trinajstić information content (AvgIpc) is 2.49. The predicted molar refractivity (Wildman–Crippen MR) is 88.8 cm³/mol. The minimum atomic E-state index is -4.36. The van der Waals surface area contributed by atoms with Crippen LogP contribution in [0.5, 0.6) is 5.75 Å². The molecule has 2 aromatic rings. The molecule has 23 heavy (non-hydrogen) atoms. The zero-order valence-corrected chi connectivity index (χ0v) is 14.1. The summed E-state index contributed by atoms with van der Waals surface area (Å²) in [6.07, 6.45) is 0.237. The molecule has 0 atom stereocenters. The van der Waals surface area contributed by atoms with Crippen LogP contribution in [0.1, 0.15) is 5.56 Å². The van der Waals surface area contributed by atoms with Crippen molar-refractivity contribution < 1.29 is 23.4 Å². The van der Waals surface area contributed by atoms with Crippen molar-refractivity contribution in [1.29, 1.82) is 0 Å². The van der Waals surface area contributed by atoms with Crippen molar-refractivity contribution in [1.82, 2.24) is 0 Å². The highest BCUT2D eigenvalue weighted by Gasteiger charge is 2.32. The number of carbonyl (C=O) groups is 1. The maximum absolute atomic E-state index is 12.7. The summed E-state index contributed by atoms with van der Waals surface area (Å²) in [5, 5.41) is 18.9. The fraction of sp³-hybridized carbons (Fsp3) is 0.133. The number of aryl methyl sites for hydroxylation is 1. The van der Waals surface area contributed by atoms with Crippen molar-refractivity contribution in [3.63, 3.8) is 0 Å². The molecule has 0 bridgehead atoms. The molecule has 0 aliphatic rings. The van der Waals surface area contributed by atoms with E-state index in [0.717, 1.165) is 11.0 Å². The molecule has 0 aliphatic carbocycles. The first-order chi connectivity index (χ1) is 10.8. The first-order valence-electron chi connectivity index (χ1n) is 6.49. The van der Waals surface area contributed by atoms with E-state index in [1.54, 1.807) is 12.1 Å². The molecule has 2 N–H and O–H groups in total. The normalized spacial score (nSPS) is 11.2. The second-order valence-electron chi connectivity index (χ2n) is 4.70. The number of sulfonamides is 1. The number of hydrogen-bond donors (Lipinski definition) is 2. The van der Waals surface area contributed by atoms with Crippen LogP contribution in [0.15, 0.2) is 52.3 Å². The maximum atomic E-state index is 12.7. The molecule has 2 rings (SSSR count). The lowest BCUT2D eigenvalue weighted by Gasteiger charge is -2.20. The summed E-state index contributed by atoms with van der Waals surface area (Å²) in [7, 11) is -4.36. The van der Waals surface area contributed by atoms with Crippen molar-refractivity contribution >= 4 is 33.6 Å². The van der Waals surface area contributed by atoms with E-state index in [2.05, 4.69) is 0 Å². The Hall–Kier alpha value is -2.19. The Morgan fingerprint density at radius 1 is 1.13 bits per heavy atom. The third-order valence-electron chi connectivity index (χ3n) is 3.17. The van der Waals surface area contributed by atoms with Crippen LogP contribution in [0.4, 0.5) is 10.5 Å². The zero-order chi connectivity index (χ0) is 17.2. The molecule has 0 spiro atoms. The summed E-state index contributed by atoms with van der Waals surface area (Å²) in [4.78, 5) is 12.2. The minimum absolute atomic E-state index is 0.0121. The molecule has 0 saturated carbocycles. The van der Waals surface area contributed by atoms with Gasteiger partial charge in [-0.25, -0.2) is 13.2 Å². The van der Waals surface area contributed by atoms with E-state index in [-0.39, 0.29) is 16.3 Å². The summed E-state index contributed by atoms with van der Waals surface area (Å²) < 4.78 is 25.8. The zero-order valence-electron chi connectivity index (χ0n) is 12.4. The number of aromatic hydroxyl groups is 1. The molecule has 0 heterocycles. The van der Waals surface area contributed by atoms with Gasteiger partial charge < -0.3 is 10.2 Å². The lowest BCUT2D eigenvalue weighted by atomic mass is 10.2. The van der Waals surface area contributed by atoms with Gasteiger partial charge in [0.1, 0.15) is 5.75 Å². The standard InChI is InChI=1S/C15H15NO5S2/c1-10-3-6-12(17)9-14(10)23(20,21)16(15(18)19)11-4-7-13(22-2)8-5-11/h3-9,17H,1-2H3,(H,18,19). The quantitative estimate of drug-likeness (QED) is 0.819. The molecule has 0 fully saturated rings. The molecular weight excluding hydrogens is 338 g/mol. The molecule has 122 valence electrons. The molecule has 0 saturated heterocycles. The largest absolute Gasteiger partial charge is 0.508 e. The van der Waals surface area contributed by atoms with Gasteiger partial charge in [-0.15, -0.1) is 11.8 Å². The number of hydrogen-bond acceptors (Lipinski definition) is 5. The predicted octanol–water partition coefficient (Wildman–Crippen LogP) is 3.30. The lowest BCUT2D eigenvalue weighted by Crippen LogP contribution is -2.36. The number of rotatable bonds is 4. The average molecular weight is 353 g/mol. The monoisotopic (exact) mass is 353 g/mol. The van der Waals surface area contributed by atoms with Crippen LogP contribution in [0.3, 0.4) is 0 Å². The minimum Gasteiger partial charge on any atom is -0.508 e. The number of carboxylic acid groups (broad SMARTS) is 1. The first-order valence-corrected chi connectivity index (χ1v) is 9.16. The first kappa shape index (κ1) is 17.2. The van der Waals surface area contributed by atoms with E-state index in [0.29, 0.717) is 9.87 Å². The summed E-state index contributed by atoms with van der Waals surface area (Å²) in [6.45, 7) is 1.53. The molecular formula is C15H15NO5S2. The van der Waals surface area contributed by atoms with Crippen molar-refractivity contribution in [2.45, 2.75) is 16.7 Å². The number of anilines is 1. The second kappa shape index (κ2) is 6.51. The van der Waals surface area contributed by atoms with E-state index in [9.17, 15) is 23.4 Å². The number of nitrogens with zero attached hydrogens (tertiary/aromatic N) is 1. The van der Waals surface area contributed by atoms with Crippen molar-refractivity contribution in [3.05, 3.63) is 48.0 Å². The summed E-state index contributed by atoms with van der Waals surface area (Å²) >= 11 is 1.46. The van der Waals surface area contributed by atoms with Crippen molar-refractivity contribution in [3.8, 4) is 5.75 Å². The van der Waals surface area contributed by atoms with Gasteiger partial charge in [-0.05, 0) is 49.1 Å². The van der Waals surface area contributed by atoms with Gasteiger partial charge in [0.2, 0.25) is 0 Å². The molecule has 0 aromatic heterocycles. The Balaban J connectivity index is 2.59. The lowest BCUT2D eigenvalue weighted by molar-refractivity contribution is 0.206. The fourth-order valence-corrected chi connectivity index (χ4v) is 3.99. The number of benzene rings is 2. The Labute approximate surface area is 138 Å². The van der Waals surface area contributed by atoms with Gasteiger partial charge in [0.05, 0.1) is 10.6 Å². The van der Waals surface area contributed by atoms with Crippen LogP contribution < -0.4 is 4.31 Å². The van der Waals surface area contributed by atoms with Gasteiger partial charge >= 0.3 is 6.09 Å². The van der Waals surface area contributed by atoms with E-state index in [1.165, 1.54) is 43.0 Å². The van der Waals surface area contributed by atoms with Crippen LogP contribution in [0, 0.1) is 6.92 Å². The molecule has 2 aromatic carbocycles. The van der Waals surface area contributed by atoms with Gasteiger partial charge in [0.15, 0.2) is 0 Å². The van der Waals surface area contributed by atoms with Crippen LogP contribution in [0.2, 0.25) is 0 Å². The molecule has 0 unspecified atom stereocenters. The van der Waals surface area contributed by atoms with Gasteiger partial charge in [0.25, 0.3) is 10.0 Å². The van der Waals surface area contributed by atoms with Gasteiger partial charge in [0, 0.05) is 11.0 Å². The van der Waals surface area contributed by atoms with Crippen LogP contribution in [0.25, 0.3) is 0 Å². The van der Waals surface area contributed by atoms with Crippen LogP contribution in [-0.2, 0) is 10.0 Å². The van der Waals surface area contributed by atoms with Gasteiger partial charge in [-0.2, -0.15) is 4.31 Å². The summed E-state index contributed by atoms with van der Waals surface area (Å²) in [5.74, 6) is -0.253. The van der Waals surface area contributed by atoms with Gasteiger partial charge in [-0.3, -0.25) is 0 Å². The smallest absolute Gasteiger partial charge is 0.426 e. The highest BCUT2D eigenvalue weighted by molar-refractivity contribution is 7.98. The van der Waals surface area contributed by atoms with Gasteiger partial charge in [-0.1, -0.05) is 6.07 Å². The Morgan fingerprint density at radius 3 is 2.26 bits per heavy atom. The van der Waals surface area contributed by atoms with E-state index in [4.69, 9.17) is 0 Å². The molecule has 1 amide bonds. The molecule has 6 nitrogen and oxygen atoms in total. The third kappa shape index (κ3) is 3.43. The number of thioether (sulfide) groups is 1. The number of phenols is 1. The summed E-state index contributed by atoms with van der Waals surface area (Å²) in [6, 6.07) is 9.93. The third-order valence-corrected chi connectivity index (χ3v) is 5.76. The molecule has 0 radical (unpaired) electrons.